The van der Waals surface area contributed by atoms with Crippen LogP contribution in [0.5, 0.6) is 0 Å². The Morgan fingerprint density at radius 1 is 1.11 bits per heavy atom. The van der Waals surface area contributed by atoms with Crippen LogP contribution in [0.4, 0.5) is 0 Å². The number of hydrogen-bond donors (Lipinski definition) is 0. The maximum atomic E-state index is 12.3. The summed E-state index contributed by atoms with van der Waals surface area (Å²) in [6.45, 7) is 2.70. The van der Waals surface area contributed by atoms with Gasteiger partial charge in [-0.1, -0.05) is 49.4 Å². The lowest BCUT2D eigenvalue weighted by Crippen LogP contribution is -2.36. The molecule has 5 heteroatoms. The SMILES string of the molecule is CC[C@@H]1O[C@H]2C[C@@H](C(=O)N(C)C)O[C@H]2C/C=C\C[C@@H]1OCc1ccccc1. The fraction of sp³-hybridized carbons (Fsp3) is 0.591. The molecule has 1 aromatic rings. The van der Waals surface area contributed by atoms with E-state index in [9.17, 15) is 4.79 Å². The monoisotopic (exact) mass is 373 g/mol. The second kappa shape index (κ2) is 9.49. The minimum atomic E-state index is -0.413. The van der Waals surface area contributed by atoms with Crippen molar-refractivity contribution in [2.75, 3.05) is 14.1 Å². The van der Waals surface area contributed by atoms with Gasteiger partial charge >= 0.3 is 0 Å². The molecule has 3 rings (SSSR count). The third kappa shape index (κ3) is 5.18. The first kappa shape index (κ1) is 20.1. The third-order valence-electron chi connectivity index (χ3n) is 5.29. The molecule has 1 amide bonds. The molecule has 2 heterocycles. The van der Waals surface area contributed by atoms with Crippen molar-refractivity contribution in [3.05, 3.63) is 48.0 Å². The van der Waals surface area contributed by atoms with Gasteiger partial charge in [-0.05, 0) is 24.8 Å². The van der Waals surface area contributed by atoms with E-state index >= 15 is 0 Å². The van der Waals surface area contributed by atoms with E-state index in [2.05, 4.69) is 31.2 Å². The van der Waals surface area contributed by atoms with E-state index in [4.69, 9.17) is 14.2 Å². The molecule has 27 heavy (non-hydrogen) atoms. The van der Waals surface area contributed by atoms with E-state index in [1.54, 1.807) is 19.0 Å². The van der Waals surface area contributed by atoms with Gasteiger partial charge in [0.05, 0.1) is 31.0 Å². The van der Waals surface area contributed by atoms with Crippen LogP contribution in [0.1, 0.15) is 38.2 Å². The van der Waals surface area contributed by atoms with E-state index in [1.807, 2.05) is 18.2 Å². The van der Waals surface area contributed by atoms with Crippen LogP contribution in [0.2, 0.25) is 0 Å². The fourth-order valence-electron chi connectivity index (χ4n) is 3.75. The van der Waals surface area contributed by atoms with Crippen molar-refractivity contribution in [2.45, 2.75) is 69.7 Å². The van der Waals surface area contributed by atoms with Gasteiger partial charge in [-0.3, -0.25) is 4.79 Å². The standard InChI is InChI=1S/C22H31NO4/c1-4-17-18(25-15-16-10-6-5-7-11-16)12-8-9-13-19-20(26-17)14-21(27-19)22(24)23(2)3/h5-11,17-21H,4,12-15H2,1-3H3/b9-8-/t17-,18-,19-,20-,21-/m0/s1. The normalized spacial score (nSPS) is 32.0. The van der Waals surface area contributed by atoms with Gasteiger partial charge < -0.3 is 19.1 Å². The number of likely N-dealkylation sites (N-methyl/N-ethyl adjacent to an activating group) is 1. The smallest absolute Gasteiger partial charge is 0.251 e. The average Bonchev–Trinajstić information content (AvgIpc) is 3.10. The molecule has 0 radical (unpaired) electrons. The molecule has 148 valence electrons. The highest BCUT2D eigenvalue weighted by atomic mass is 16.6. The second-order valence-corrected chi connectivity index (χ2v) is 7.53. The molecular weight excluding hydrogens is 342 g/mol. The Bertz CT molecular complexity index is 630. The lowest BCUT2D eigenvalue weighted by Gasteiger charge is -2.29. The van der Waals surface area contributed by atoms with Crippen molar-refractivity contribution >= 4 is 5.91 Å². The number of fused-ring (bicyclic) bond motifs is 1. The summed E-state index contributed by atoms with van der Waals surface area (Å²) in [4.78, 5) is 13.9. The molecule has 2 aliphatic heterocycles. The molecule has 0 unspecified atom stereocenters. The van der Waals surface area contributed by atoms with Crippen molar-refractivity contribution in [3.8, 4) is 0 Å². The summed E-state index contributed by atoms with van der Waals surface area (Å²) >= 11 is 0. The van der Waals surface area contributed by atoms with E-state index in [-0.39, 0.29) is 30.3 Å². The second-order valence-electron chi connectivity index (χ2n) is 7.53. The number of amides is 1. The average molecular weight is 373 g/mol. The molecule has 1 fully saturated rings. The van der Waals surface area contributed by atoms with Crippen molar-refractivity contribution in [1.82, 2.24) is 4.90 Å². The summed E-state index contributed by atoms with van der Waals surface area (Å²) in [6, 6.07) is 10.2. The molecule has 2 aliphatic rings. The summed E-state index contributed by atoms with van der Waals surface area (Å²) in [5.41, 5.74) is 1.16. The molecule has 5 nitrogen and oxygen atoms in total. The number of benzene rings is 1. The minimum Gasteiger partial charge on any atom is -0.371 e. The third-order valence-corrected chi connectivity index (χ3v) is 5.29. The highest BCUT2D eigenvalue weighted by Gasteiger charge is 2.41. The number of ether oxygens (including phenoxy) is 3. The summed E-state index contributed by atoms with van der Waals surface area (Å²) in [5, 5.41) is 0. The van der Waals surface area contributed by atoms with Gasteiger partial charge in [0.2, 0.25) is 0 Å². The first-order valence-corrected chi connectivity index (χ1v) is 9.91. The predicted molar refractivity (Wildman–Crippen MR) is 104 cm³/mol. The fourth-order valence-corrected chi connectivity index (χ4v) is 3.75. The van der Waals surface area contributed by atoms with Crippen LogP contribution in [0.25, 0.3) is 0 Å². The van der Waals surface area contributed by atoms with Gasteiger partial charge in [-0.2, -0.15) is 0 Å². The molecule has 0 N–H and O–H groups in total. The van der Waals surface area contributed by atoms with Crippen LogP contribution in [0.15, 0.2) is 42.5 Å². The van der Waals surface area contributed by atoms with E-state index < -0.39 is 6.10 Å². The van der Waals surface area contributed by atoms with Crippen molar-refractivity contribution in [2.24, 2.45) is 0 Å². The Kier molecular flexibility index (Phi) is 7.05. The Morgan fingerprint density at radius 3 is 2.56 bits per heavy atom. The first-order chi connectivity index (χ1) is 13.1. The van der Waals surface area contributed by atoms with Crippen LogP contribution >= 0.6 is 0 Å². The Labute approximate surface area is 162 Å². The molecule has 0 aliphatic carbocycles. The quantitative estimate of drug-likeness (QED) is 0.743. The van der Waals surface area contributed by atoms with Gasteiger partial charge in [0, 0.05) is 20.5 Å². The van der Waals surface area contributed by atoms with Crippen molar-refractivity contribution < 1.29 is 19.0 Å². The highest BCUT2D eigenvalue weighted by molar-refractivity contribution is 5.80. The van der Waals surface area contributed by atoms with Gasteiger partial charge in [0.15, 0.2) is 0 Å². The maximum absolute atomic E-state index is 12.3. The zero-order chi connectivity index (χ0) is 19.2. The van der Waals surface area contributed by atoms with Gasteiger partial charge in [0.1, 0.15) is 6.10 Å². The number of nitrogens with zero attached hydrogens (tertiary/aromatic N) is 1. The lowest BCUT2D eigenvalue weighted by atomic mass is 10.1. The topological polar surface area (TPSA) is 48.0 Å². The maximum Gasteiger partial charge on any atom is 0.251 e. The number of hydrogen-bond acceptors (Lipinski definition) is 4. The van der Waals surface area contributed by atoms with E-state index in [1.165, 1.54) is 0 Å². The molecule has 0 saturated carbocycles. The van der Waals surface area contributed by atoms with Crippen molar-refractivity contribution in [1.29, 1.82) is 0 Å². The molecular formula is C22H31NO4. The Balaban J connectivity index is 1.66. The summed E-state index contributed by atoms with van der Waals surface area (Å²) in [7, 11) is 3.53. The van der Waals surface area contributed by atoms with Gasteiger partial charge in [-0.15, -0.1) is 0 Å². The molecule has 0 bridgehead atoms. The van der Waals surface area contributed by atoms with Crippen LogP contribution in [-0.4, -0.2) is 55.4 Å². The zero-order valence-corrected chi connectivity index (χ0v) is 16.5. The molecule has 0 spiro atoms. The number of carbonyl (C=O) groups is 1. The van der Waals surface area contributed by atoms with Crippen LogP contribution in [0, 0.1) is 0 Å². The van der Waals surface area contributed by atoms with Gasteiger partial charge in [0.25, 0.3) is 5.91 Å². The zero-order valence-electron chi connectivity index (χ0n) is 16.5. The van der Waals surface area contributed by atoms with E-state index in [0.29, 0.717) is 13.0 Å². The minimum absolute atomic E-state index is 0.00573. The van der Waals surface area contributed by atoms with Gasteiger partial charge in [-0.25, -0.2) is 0 Å². The lowest BCUT2D eigenvalue weighted by molar-refractivity contribution is -0.141. The molecule has 0 aromatic heterocycles. The summed E-state index contributed by atoms with van der Waals surface area (Å²) in [6.07, 6.45) is 6.79. The van der Waals surface area contributed by atoms with E-state index in [0.717, 1.165) is 24.8 Å². The summed E-state index contributed by atoms with van der Waals surface area (Å²) < 4.78 is 18.7. The highest BCUT2D eigenvalue weighted by Crippen LogP contribution is 2.31. The number of carbonyl (C=O) groups excluding carboxylic acids is 1. The molecule has 5 atom stereocenters. The van der Waals surface area contributed by atoms with Crippen LogP contribution in [-0.2, 0) is 25.6 Å². The largest absolute Gasteiger partial charge is 0.371 e. The Hall–Kier alpha value is -1.69. The Morgan fingerprint density at radius 2 is 1.85 bits per heavy atom. The van der Waals surface area contributed by atoms with Crippen LogP contribution in [0.3, 0.4) is 0 Å². The van der Waals surface area contributed by atoms with Crippen LogP contribution < -0.4 is 0 Å². The van der Waals surface area contributed by atoms with Crippen molar-refractivity contribution in [3.63, 3.8) is 0 Å². The summed E-state index contributed by atoms with van der Waals surface area (Å²) in [5.74, 6) is 0.0112. The molecule has 1 aromatic carbocycles. The molecule has 1 saturated heterocycles. The number of rotatable bonds is 5. The predicted octanol–water partition coefficient (Wildman–Crippen LogP) is 3.33. The first-order valence-electron chi connectivity index (χ1n) is 9.91.